The van der Waals surface area contributed by atoms with Gasteiger partial charge in [-0.15, -0.1) is 0 Å². The number of aromatic nitrogens is 1. The van der Waals surface area contributed by atoms with Crippen LogP contribution in [-0.2, 0) is 19.6 Å². The molecule has 0 bridgehead atoms. The number of hydrogen-bond acceptors (Lipinski definition) is 6. The van der Waals surface area contributed by atoms with Gasteiger partial charge in [-0.25, -0.2) is 22.5 Å². The number of amides is 1. The van der Waals surface area contributed by atoms with Crippen molar-refractivity contribution in [1.82, 2.24) is 14.2 Å². The molecule has 0 aliphatic carbocycles. The van der Waals surface area contributed by atoms with Crippen LogP contribution < -0.4 is 4.90 Å². The SMILES string of the molecule is CCS(=O)(=O)N1CCC[C@]2(C(=O)N(C)C)CN(c3ccccn3)C[C@@H]2C1.O=C(O)C(F)(F)F. The van der Waals surface area contributed by atoms with Gasteiger partial charge in [0.25, 0.3) is 0 Å². The molecule has 0 saturated carbocycles. The van der Waals surface area contributed by atoms with E-state index in [0.717, 1.165) is 5.82 Å². The van der Waals surface area contributed by atoms with Gasteiger partial charge in [0.15, 0.2) is 0 Å². The molecule has 0 unspecified atom stereocenters. The number of pyridine rings is 1. The van der Waals surface area contributed by atoms with Gasteiger partial charge in [0.1, 0.15) is 5.82 Å². The summed E-state index contributed by atoms with van der Waals surface area (Å²) < 4.78 is 58.2. The van der Waals surface area contributed by atoms with Gasteiger partial charge in [-0.05, 0) is 31.9 Å². The Morgan fingerprint density at radius 2 is 1.91 bits per heavy atom. The Kier molecular flexibility index (Phi) is 8.33. The third-order valence-electron chi connectivity index (χ3n) is 5.96. The number of alkyl halides is 3. The zero-order valence-electron chi connectivity index (χ0n) is 18.7. The van der Waals surface area contributed by atoms with Crippen LogP contribution in [0.15, 0.2) is 24.4 Å². The molecule has 0 spiro atoms. The van der Waals surface area contributed by atoms with Gasteiger partial charge in [0.2, 0.25) is 15.9 Å². The molecule has 186 valence electrons. The molecule has 33 heavy (non-hydrogen) atoms. The highest BCUT2D eigenvalue weighted by atomic mass is 32.2. The van der Waals surface area contributed by atoms with Gasteiger partial charge >= 0.3 is 12.1 Å². The van der Waals surface area contributed by atoms with Crippen LogP contribution in [0.2, 0.25) is 0 Å². The van der Waals surface area contributed by atoms with Crippen molar-refractivity contribution in [2.75, 3.05) is 50.9 Å². The lowest BCUT2D eigenvalue weighted by molar-refractivity contribution is -0.192. The highest BCUT2D eigenvalue weighted by Gasteiger charge is 2.54. The number of hydrogen-bond donors (Lipinski definition) is 1. The normalized spacial score (nSPS) is 23.7. The van der Waals surface area contributed by atoms with Gasteiger partial charge in [-0.1, -0.05) is 6.07 Å². The van der Waals surface area contributed by atoms with Crippen molar-refractivity contribution in [3.63, 3.8) is 0 Å². The van der Waals surface area contributed by atoms with Crippen molar-refractivity contribution in [3.05, 3.63) is 24.4 Å². The van der Waals surface area contributed by atoms with Gasteiger partial charge in [-0.2, -0.15) is 13.2 Å². The van der Waals surface area contributed by atoms with Crippen LogP contribution >= 0.6 is 0 Å². The molecule has 9 nitrogen and oxygen atoms in total. The third-order valence-corrected chi connectivity index (χ3v) is 7.80. The molecule has 2 saturated heterocycles. The number of fused-ring (bicyclic) bond motifs is 1. The van der Waals surface area contributed by atoms with E-state index in [1.807, 2.05) is 18.2 Å². The fourth-order valence-corrected chi connectivity index (χ4v) is 5.52. The summed E-state index contributed by atoms with van der Waals surface area (Å²) >= 11 is 0. The maximum atomic E-state index is 13.2. The van der Waals surface area contributed by atoms with E-state index in [2.05, 4.69) is 9.88 Å². The largest absolute Gasteiger partial charge is 0.490 e. The summed E-state index contributed by atoms with van der Waals surface area (Å²) in [4.78, 5) is 30.3. The number of anilines is 1. The first-order chi connectivity index (χ1) is 15.2. The molecule has 13 heteroatoms. The van der Waals surface area contributed by atoms with Crippen LogP contribution in [0.5, 0.6) is 0 Å². The van der Waals surface area contributed by atoms with Crippen LogP contribution in [0, 0.1) is 11.3 Å². The first kappa shape index (κ1) is 26.8. The van der Waals surface area contributed by atoms with E-state index in [9.17, 15) is 26.4 Å². The molecule has 1 N–H and O–H groups in total. The maximum absolute atomic E-state index is 13.2. The molecule has 1 aromatic rings. The molecule has 2 aliphatic rings. The lowest BCUT2D eigenvalue weighted by Gasteiger charge is -2.34. The molecule has 0 radical (unpaired) electrons. The average molecular weight is 495 g/mol. The molecule has 2 fully saturated rings. The Hall–Kier alpha value is -2.41. The van der Waals surface area contributed by atoms with Crippen molar-refractivity contribution >= 4 is 27.7 Å². The quantitative estimate of drug-likeness (QED) is 0.678. The predicted molar refractivity (Wildman–Crippen MR) is 115 cm³/mol. The fraction of sp³-hybridized carbons (Fsp3) is 0.650. The zero-order chi connectivity index (χ0) is 25.0. The second-order valence-electron chi connectivity index (χ2n) is 8.29. The van der Waals surface area contributed by atoms with Crippen LogP contribution in [-0.4, -0.2) is 91.8 Å². The van der Waals surface area contributed by atoms with E-state index >= 15 is 0 Å². The van der Waals surface area contributed by atoms with E-state index < -0.39 is 27.6 Å². The van der Waals surface area contributed by atoms with Crippen LogP contribution in [0.4, 0.5) is 19.0 Å². The third kappa shape index (κ3) is 6.14. The zero-order valence-corrected chi connectivity index (χ0v) is 19.6. The maximum Gasteiger partial charge on any atom is 0.490 e. The first-order valence-electron chi connectivity index (χ1n) is 10.4. The molecular formula is C20H29F3N4O5S. The lowest BCUT2D eigenvalue weighted by Crippen LogP contribution is -2.47. The molecule has 2 atom stereocenters. The van der Waals surface area contributed by atoms with E-state index in [4.69, 9.17) is 9.90 Å². The second-order valence-corrected chi connectivity index (χ2v) is 10.5. The summed E-state index contributed by atoms with van der Waals surface area (Å²) in [5.41, 5.74) is -0.557. The number of carboxylic acid groups (broad SMARTS) is 1. The highest BCUT2D eigenvalue weighted by molar-refractivity contribution is 7.89. The van der Waals surface area contributed by atoms with E-state index in [0.29, 0.717) is 39.0 Å². The number of halogens is 3. The molecule has 3 rings (SSSR count). The summed E-state index contributed by atoms with van der Waals surface area (Å²) in [6.07, 6.45) is -1.93. The minimum Gasteiger partial charge on any atom is -0.475 e. The number of carbonyl (C=O) groups is 2. The average Bonchev–Trinajstić information content (AvgIpc) is 3.01. The Bertz CT molecular complexity index is 943. The Morgan fingerprint density at radius 3 is 2.39 bits per heavy atom. The highest BCUT2D eigenvalue weighted by Crippen LogP contribution is 2.45. The topological polar surface area (TPSA) is 111 Å². The van der Waals surface area contributed by atoms with Gasteiger partial charge in [-0.3, -0.25) is 4.79 Å². The molecule has 1 amide bonds. The summed E-state index contributed by atoms with van der Waals surface area (Å²) in [5.74, 6) is -1.76. The fourth-order valence-electron chi connectivity index (χ4n) is 4.34. The molecule has 0 aromatic carbocycles. The predicted octanol–water partition coefficient (Wildman–Crippen LogP) is 1.67. The van der Waals surface area contributed by atoms with Gasteiger partial charge in [0, 0.05) is 52.4 Å². The molecular weight excluding hydrogens is 465 g/mol. The Labute approximate surface area is 191 Å². The Balaban J connectivity index is 0.000000479. The van der Waals surface area contributed by atoms with Crippen molar-refractivity contribution < 1.29 is 36.3 Å². The van der Waals surface area contributed by atoms with Crippen molar-refractivity contribution in [2.24, 2.45) is 11.3 Å². The van der Waals surface area contributed by atoms with Gasteiger partial charge < -0.3 is 14.9 Å². The molecule has 2 aliphatic heterocycles. The van der Waals surface area contributed by atoms with Crippen LogP contribution in [0.25, 0.3) is 0 Å². The number of carbonyl (C=O) groups excluding carboxylic acids is 1. The Morgan fingerprint density at radius 1 is 1.27 bits per heavy atom. The number of nitrogens with zero attached hydrogens (tertiary/aromatic N) is 4. The monoisotopic (exact) mass is 494 g/mol. The summed E-state index contributed by atoms with van der Waals surface area (Å²) in [6, 6.07) is 5.75. The van der Waals surface area contributed by atoms with Crippen molar-refractivity contribution in [2.45, 2.75) is 25.9 Å². The van der Waals surface area contributed by atoms with Crippen molar-refractivity contribution in [3.8, 4) is 0 Å². The van der Waals surface area contributed by atoms with E-state index in [1.54, 1.807) is 36.4 Å². The van der Waals surface area contributed by atoms with E-state index in [1.165, 1.54) is 0 Å². The molecule has 1 aromatic heterocycles. The minimum atomic E-state index is -5.08. The second kappa shape index (κ2) is 10.2. The van der Waals surface area contributed by atoms with E-state index in [-0.39, 0.29) is 17.6 Å². The minimum absolute atomic E-state index is 0.0387. The summed E-state index contributed by atoms with van der Waals surface area (Å²) in [6.45, 7) is 3.81. The first-order valence-corrected chi connectivity index (χ1v) is 12.0. The number of aliphatic carboxylic acids is 1. The van der Waals surface area contributed by atoms with Crippen LogP contribution in [0.3, 0.4) is 0 Å². The smallest absolute Gasteiger partial charge is 0.475 e. The van der Waals surface area contributed by atoms with Crippen molar-refractivity contribution in [1.29, 1.82) is 0 Å². The lowest BCUT2D eigenvalue weighted by atomic mass is 9.74. The number of sulfonamides is 1. The summed E-state index contributed by atoms with van der Waals surface area (Å²) in [5, 5.41) is 7.12. The van der Waals surface area contributed by atoms with Crippen LogP contribution in [0.1, 0.15) is 19.8 Å². The number of rotatable bonds is 4. The number of carboxylic acids is 1. The molecule has 3 heterocycles. The standard InChI is InChI=1S/C18H28N4O3S.C2HF3O2/c1-4-26(24,25)22-11-7-9-18(17(23)20(2)3)14-21(12-15(18)13-22)16-8-5-6-10-19-16;3-2(4,5)1(6)7/h5-6,8,10,15H,4,7,9,11-14H2,1-3H3;(H,6,7)/t15-,18+;/m1./s1. The summed E-state index contributed by atoms with van der Waals surface area (Å²) in [7, 11) is 0.298. The van der Waals surface area contributed by atoms with Gasteiger partial charge in [0.05, 0.1) is 11.2 Å².